The highest BCUT2D eigenvalue weighted by Crippen LogP contribution is 2.16. The van der Waals surface area contributed by atoms with Crippen LogP contribution in [0.2, 0.25) is 0 Å². The number of amides is 3. The third-order valence-corrected chi connectivity index (χ3v) is 6.79. The minimum Gasteiger partial charge on any atom is -0.444 e. The van der Waals surface area contributed by atoms with Gasteiger partial charge in [0.05, 0.1) is 6.54 Å². The fourth-order valence-electron chi connectivity index (χ4n) is 4.63. The molecule has 240 valence electrons. The average Bonchev–Trinajstić information content (AvgIpc) is 2.97. The van der Waals surface area contributed by atoms with E-state index in [0.29, 0.717) is 11.4 Å². The molecule has 0 aliphatic heterocycles. The van der Waals surface area contributed by atoms with Crippen LogP contribution in [-0.4, -0.2) is 64.7 Å². The summed E-state index contributed by atoms with van der Waals surface area (Å²) in [5, 5.41) is 28.7. The number of alkyl carbamates (subject to hydrolysis) is 1. The number of nitrogens with one attached hydrogen (secondary N) is 4. The molecule has 3 aromatic carbocycles. The van der Waals surface area contributed by atoms with Gasteiger partial charge in [0.2, 0.25) is 11.8 Å². The van der Waals surface area contributed by atoms with Crippen molar-refractivity contribution in [3.05, 3.63) is 94.0 Å². The van der Waals surface area contributed by atoms with Crippen LogP contribution in [0.3, 0.4) is 0 Å². The summed E-state index contributed by atoms with van der Waals surface area (Å²) in [5.41, 5.74) is 6.31. The van der Waals surface area contributed by atoms with E-state index < -0.39 is 46.6 Å². The van der Waals surface area contributed by atoms with Gasteiger partial charge in [-0.2, -0.15) is 0 Å². The van der Waals surface area contributed by atoms with Gasteiger partial charge in [-0.05, 0) is 61.9 Å². The number of hydrogen-bond acceptors (Lipinski definition) is 7. The molecule has 3 amide bonds. The summed E-state index contributed by atoms with van der Waals surface area (Å²) in [6.45, 7) is 5.13. The molecule has 0 fully saturated rings. The summed E-state index contributed by atoms with van der Waals surface area (Å²) in [5.74, 6) is -1.86. The van der Waals surface area contributed by atoms with Crippen LogP contribution in [-0.2, 0) is 27.2 Å². The maximum absolute atomic E-state index is 13.6. The van der Waals surface area contributed by atoms with E-state index in [1.807, 2.05) is 60.7 Å². The van der Waals surface area contributed by atoms with Crippen molar-refractivity contribution in [1.29, 1.82) is 5.41 Å². The van der Waals surface area contributed by atoms with E-state index in [1.54, 1.807) is 32.9 Å². The minimum absolute atomic E-state index is 0.00959. The number of benzene rings is 3. The molecule has 0 heterocycles. The van der Waals surface area contributed by atoms with E-state index in [2.05, 4.69) is 16.0 Å². The number of nitrogens with zero attached hydrogens (tertiary/aromatic N) is 2. The number of nitrogens with two attached hydrogens (primary N) is 1. The second-order valence-corrected chi connectivity index (χ2v) is 11.6. The molecule has 0 aliphatic rings. The Morgan fingerprint density at radius 2 is 1.60 bits per heavy atom. The molecule has 0 saturated carbocycles. The Hall–Kier alpha value is -5.20. The zero-order valence-corrected chi connectivity index (χ0v) is 25.7. The van der Waals surface area contributed by atoms with Gasteiger partial charge in [-0.1, -0.05) is 77.8 Å². The molecule has 3 aromatic rings. The number of hydrazine groups is 1. The molecular formula is C32H41N7O6. The standard InChI is InChI=1S/C32H41N7O6/c1-32(2,3)45-31(42)37-27(21-22-10-5-4-6-11-22)29(41)36-26(14-9-19-38(30(33)34)39(43)44)28(40)35-18-17-23-15-16-24-12-7-8-13-25(24)20-23/h4-8,10-13,15-16,20,26-27H,9,14,17-19,21H2,1-3H3,(H3,33,34)(H,35,40)(H,36,41)(H,37,42)/t26?,27-/m0/s1. The van der Waals surface area contributed by atoms with Gasteiger partial charge in [0.15, 0.2) is 5.03 Å². The van der Waals surface area contributed by atoms with E-state index in [9.17, 15) is 24.5 Å². The van der Waals surface area contributed by atoms with Crippen LogP contribution < -0.4 is 21.7 Å². The molecule has 0 aromatic heterocycles. The van der Waals surface area contributed by atoms with E-state index in [1.165, 1.54) is 0 Å². The van der Waals surface area contributed by atoms with Crippen molar-refractivity contribution in [3.63, 3.8) is 0 Å². The Bertz CT molecular complexity index is 1480. The number of fused-ring (bicyclic) bond motifs is 1. The van der Waals surface area contributed by atoms with Crippen LogP contribution in [0.15, 0.2) is 72.8 Å². The van der Waals surface area contributed by atoms with Gasteiger partial charge in [-0.15, -0.1) is 0 Å². The van der Waals surface area contributed by atoms with Gasteiger partial charge in [0.1, 0.15) is 17.7 Å². The lowest BCUT2D eigenvalue weighted by Crippen LogP contribution is -2.55. The Kier molecular flexibility index (Phi) is 12.2. The first-order chi connectivity index (χ1) is 21.3. The number of carbonyl (C=O) groups excluding carboxylic acids is 3. The summed E-state index contributed by atoms with van der Waals surface area (Å²) < 4.78 is 5.36. The summed E-state index contributed by atoms with van der Waals surface area (Å²) >= 11 is 0. The normalized spacial score (nSPS) is 12.4. The van der Waals surface area contributed by atoms with Crippen LogP contribution in [0, 0.1) is 15.5 Å². The van der Waals surface area contributed by atoms with Gasteiger partial charge < -0.3 is 26.4 Å². The van der Waals surface area contributed by atoms with Crippen LogP contribution >= 0.6 is 0 Å². The van der Waals surface area contributed by atoms with Gasteiger partial charge in [0.25, 0.3) is 5.96 Å². The predicted octanol–water partition coefficient (Wildman–Crippen LogP) is 3.29. The molecule has 0 aliphatic carbocycles. The van der Waals surface area contributed by atoms with Crippen molar-refractivity contribution in [2.24, 2.45) is 5.73 Å². The first-order valence-corrected chi connectivity index (χ1v) is 14.7. The fourth-order valence-corrected chi connectivity index (χ4v) is 4.63. The van der Waals surface area contributed by atoms with Crippen molar-refractivity contribution in [3.8, 4) is 0 Å². The smallest absolute Gasteiger partial charge is 0.408 e. The summed E-state index contributed by atoms with van der Waals surface area (Å²) in [6, 6.07) is 20.9. The number of rotatable bonds is 14. The molecule has 0 saturated heterocycles. The number of ether oxygens (including phenoxy) is 1. The highest BCUT2D eigenvalue weighted by molar-refractivity contribution is 5.91. The number of nitro groups is 1. The van der Waals surface area contributed by atoms with Gasteiger partial charge in [-0.3, -0.25) is 15.0 Å². The SMILES string of the molecule is CC(C)(C)OC(=O)N[C@@H](Cc1ccccc1)C(=O)NC(CCCN(C(=N)N)[N+](=O)[O-])C(=O)NCCc1ccc2ccccc2c1. The van der Waals surface area contributed by atoms with Crippen molar-refractivity contribution in [1.82, 2.24) is 21.0 Å². The third-order valence-electron chi connectivity index (χ3n) is 6.79. The van der Waals surface area contributed by atoms with Gasteiger partial charge >= 0.3 is 6.09 Å². The molecule has 45 heavy (non-hydrogen) atoms. The van der Waals surface area contributed by atoms with Crippen molar-refractivity contribution in [2.75, 3.05) is 13.1 Å². The first-order valence-electron chi connectivity index (χ1n) is 14.7. The summed E-state index contributed by atoms with van der Waals surface area (Å²) in [4.78, 5) is 50.8. The zero-order valence-electron chi connectivity index (χ0n) is 25.7. The van der Waals surface area contributed by atoms with Crippen molar-refractivity contribution in [2.45, 2.75) is 64.1 Å². The zero-order chi connectivity index (χ0) is 33.0. The molecule has 3 rings (SSSR count). The van der Waals surface area contributed by atoms with Crippen LogP contribution in [0.5, 0.6) is 0 Å². The molecule has 0 bridgehead atoms. The van der Waals surface area contributed by atoms with E-state index in [0.717, 1.165) is 21.9 Å². The first kappa shape index (κ1) is 34.3. The maximum Gasteiger partial charge on any atom is 0.408 e. The molecule has 13 nitrogen and oxygen atoms in total. The van der Waals surface area contributed by atoms with E-state index in [-0.39, 0.29) is 32.4 Å². The molecule has 2 atom stereocenters. The van der Waals surface area contributed by atoms with E-state index in [4.69, 9.17) is 15.9 Å². The highest BCUT2D eigenvalue weighted by Gasteiger charge is 2.29. The van der Waals surface area contributed by atoms with Crippen LogP contribution in [0.1, 0.15) is 44.7 Å². The largest absolute Gasteiger partial charge is 0.444 e. The second-order valence-electron chi connectivity index (χ2n) is 11.6. The van der Waals surface area contributed by atoms with Crippen molar-refractivity contribution >= 4 is 34.6 Å². The quantitative estimate of drug-likeness (QED) is 0.0785. The summed E-state index contributed by atoms with van der Waals surface area (Å²) in [6.07, 6.45) is -0.0601. The molecule has 0 radical (unpaired) electrons. The van der Waals surface area contributed by atoms with Crippen LogP contribution in [0.25, 0.3) is 10.8 Å². The van der Waals surface area contributed by atoms with Crippen molar-refractivity contribution < 1.29 is 24.2 Å². The molecule has 13 heteroatoms. The lowest BCUT2D eigenvalue weighted by molar-refractivity contribution is -0.629. The van der Waals surface area contributed by atoms with E-state index >= 15 is 0 Å². The molecule has 6 N–H and O–H groups in total. The summed E-state index contributed by atoms with van der Waals surface area (Å²) in [7, 11) is 0. The lowest BCUT2D eigenvalue weighted by Gasteiger charge is -2.25. The van der Waals surface area contributed by atoms with Gasteiger partial charge in [-0.25, -0.2) is 14.9 Å². The fraction of sp³-hybridized carbons (Fsp3) is 0.375. The monoisotopic (exact) mass is 619 g/mol. The lowest BCUT2D eigenvalue weighted by atomic mass is 10.0. The number of guanidine groups is 1. The van der Waals surface area contributed by atoms with Crippen LogP contribution in [0.4, 0.5) is 4.79 Å². The molecular weight excluding hydrogens is 578 g/mol. The van der Waals surface area contributed by atoms with Gasteiger partial charge in [0, 0.05) is 13.0 Å². The molecule has 0 spiro atoms. The maximum atomic E-state index is 13.6. The number of hydrogen-bond donors (Lipinski definition) is 5. The third kappa shape index (κ3) is 11.4. The topological polar surface area (TPSA) is 193 Å². The highest BCUT2D eigenvalue weighted by atomic mass is 16.7. The Morgan fingerprint density at radius 3 is 2.24 bits per heavy atom. The Labute approximate surface area is 262 Å². The minimum atomic E-state index is -1.09. The number of carbonyl (C=O) groups is 3. The average molecular weight is 620 g/mol. The second kappa shape index (κ2) is 16.0. The Morgan fingerprint density at radius 1 is 0.933 bits per heavy atom. The predicted molar refractivity (Wildman–Crippen MR) is 171 cm³/mol. The molecule has 1 unspecified atom stereocenters. The Balaban J connectivity index is 1.73.